The van der Waals surface area contributed by atoms with Gasteiger partial charge in [-0.15, -0.1) is 0 Å². The van der Waals surface area contributed by atoms with Gasteiger partial charge in [0.05, 0.1) is 6.61 Å². The highest BCUT2D eigenvalue weighted by Crippen LogP contribution is 2.23. The van der Waals surface area contributed by atoms with Crippen molar-refractivity contribution < 1.29 is 9.90 Å². The van der Waals surface area contributed by atoms with Crippen molar-refractivity contribution in [1.29, 1.82) is 0 Å². The maximum Gasteiger partial charge on any atom is 0.222 e. The molecule has 1 aromatic rings. The molecule has 1 unspecified atom stereocenters. The smallest absolute Gasteiger partial charge is 0.222 e. The Bertz CT molecular complexity index is 427. The van der Waals surface area contributed by atoms with Gasteiger partial charge in [0.15, 0.2) is 0 Å². The Balaban J connectivity index is 1.95. The summed E-state index contributed by atoms with van der Waals surface area (Å²) in [6.07, 6.45) is 5.33. The molecule has 0 bridgehead atoms. The van der Waals surface area contributed by atoms with Gasteiger partial charge in [0, 0.05) is 19.5 Å². The molecule has 1 aliphatic heterocycles. The standard InChI is InChI=1S/C17H25NO2/c1-2-3-14-8-9-17(20)18(11-10-14)12-15-4-6-16(13-19)7-5-15/h4-7,14,19H,2-3,8-13H2,1H3. The number of hydrogen-bond donors (Lipinski definition) is 1. The van der Waals surface area contributed by atoms with E-state index in [-0.39, 0.29) is 12.5 Å². The number of benzene rings is 1. The summed E-state index contributed by atoms with van der Waals surface area (Å²) in [5.41, 5.74) is 2.06. The topological polar surface area (TPSA) is 40.5 Å². The first-order valence-corrected chi connectivity index (χ1v) is 7.69. The van der Waals surface area contributed by atoms with Crippen LogP contribution in [0.25, 0.3) is 0 Å². The van der Waals surface area contributed by atoms with Crippen LogP contribution in [0.5, 0.6) is 0 Å². The summed E-state index contributed by atoms with van der Waals surface area (Å²) in [6.45, 7) is 3.86. The van der Waals surface area contributed by atoms with E-state index >= 15 is 0 Å². The molecule has 1 fully saturated rings. The highest BCUT2D eigenvalue weighted by atomic mass is 16.3. The van der Waals surface area contributed by atoms with Crippen LogP contribution in [0.1, 0.15) is 50.2 Å². The molecule has 1 atom stereocenters. The number of carbonyl (C=O) groups is 1. The minimum Gasteiger partial charge on any atom is -0.392 e. The number of carbonyl (C=O) groups excluding carboxylic acids is 1. The molecule has 1 N–H and O–H groups in total. The van der Waals surface area contributed by atoms with E-state index in [0.29, 0.717) is 18.9 Å². The largest absolute Gasteiger partial charge is 0.392 e. The summed E-state index contributed by atoms with van der Waals surface area (Å²) in [5.74, 6) is 1.00. The summed E-state index contributed by atoms with van der Waals surface area (Å²) < 4.78 is 0. The first-order chi connectivity index (χ1) is 9.72. The van der Waals surface area contributed by atoms with E-state index in [1.165, 1.54) is 12.8 Å². The zero-order valence-electron chi connectivity index (χ0n) is 12.3. The minimum atomic E-state index is 0.0711. The van der Waals surface area contributed by atoms with Gasteiger partial charge in [0.1, 0.15) is 0 Å². The van der Waals surface area contributed by atoms with Gasteiger partial charge < -0.3 is 10.0 Å². The fourth-order valence-electron chi connectivity index (χ4n) is 2.93. The van der Waals surface area contributed by atoms with Crippen LogP contribution in [0.15, 0.2) is 24.3 Å². The molecule has 1 saturated heterocycles. The lowest BCUT2D eigenvalue weighted by atomic mass is 9.96. The summed E-state index contributed by atoms with van der Waals surface area (Å²) in [7, 11) is 0. The zero-order chi connectivity index (χ0) is 14.4. The average Bonchev–Trinajstić information content (AvgIpc) is 2.64. The van der Waals surface area contributed by atoms with Crippen molar-refractivity contribution in [1.82, 2.24) is 4.90 Å². The number of aliphatic hydroxyl groups is 1. The molecule has 0 spiro atoms. The Kier molecular flexibility index (Phi) is 5.60. The van der Waals surface area contributed by atoms with Crippen LogP contribution in [-0.4, -0.2) is 22.5 Å². The van der Waals surface area contributed by atoms with E-state index in [0.717, 1.165) is 30.5 Å². The monoisotopic (exact) mass is 275 g/mol. The lowest BCUT2D eigenvalue weighted by molar-refractivity contribution is -0.131. The van der Waals surface area contributed by atoms with Crippen LogP contribution in [-0.2, 0) is 17.9 Å². The fourth-order valence-corrected chi connectivity index (χ4v) is 2.93. The third-order valence-electron chi connectivity index (χ3n) is 4.20. The number of rotatable bonds is 5. The summed E-state index contributed by atoms with van der Waals surface area (Å²) >= 11 is 0. The maximum absolute atomic E-state index is 12.2. The summed E-state index contributed by atoms with van der Waals surface area (Å²) in [5, 5.41) is 9.04. The van der Waals surface area contributed by atoms with Crippen LogP contribution in [0.2, 0.25) is 0 Å². The van der Waals surface area contributed by atoms with Crippen molar-refractivity contribution in [3.63, 3.8) is 0 Å². The Morgan fingerprint density at radius 1 is 1.20 bits per heavy atom. The van der Waals surface area contributed by atoms with Crippen LogP contribution in [0, 0.1) is 5.92 Å². The van der Waals surface area contributed by atoms with E-state index in [1.807, 2.05) is 29.2 Å². The Labute approximate surface area is 121 Å². The fraction of sp³-hybridized carbons (Fsp3) is 0.588. The van der Waals surface area contributed by atoms with E-state index in [1.54, 1.807) is 0 Å². The molecule has 1 aromatic carbocycles. The van der Waals surface area contributed by atoms with Crippen molar-refractivity contribution in [3.8, 4) is 0 Å². The minimum absolute atomic E-state index is 0.0711. The highest BCUT2D eigenvalue weighted by molar-refractivity contribution is 5.76. The van der Waals surface area contributed by atoms with Crippen molar-refractivity contribution in [2.45, 2.75) is 52.2 Å². The van der Waals surface area contributed by atoms with Gasteiger partial charge in [0.25, 0.3) is 0 Å². The molecule has 2 rings (SSSR count). The lowest BCUT2D eigenvalue weighted by Crippen LogP contribution is -2.29. The van der Waals surface area contributed by atoms with Crippen molar-refractivity contribution in [3.05, 3.63) is 35.4 Å². The molecular formula is C17H25NO2. The van der Waals surface area contributed by atoms with Gasteiger partial charge in [-0.25, -0.2) is 0 Å². The highest BCUT2D eigenvalue weighted by Gasteiger charge is 2.21. The molecule has 0 aliphatic carbocycles. The van der Waals surface area contributed by atoms with Crippen molar-refractivity contribution in [2.24, 2.45) is 5.92 Å². The molecule has 3 heteroatoms. The number of likely N-dealkylation sites (tertiary alicyclic amines) is 1. The molecule has 0 saturated carbocycles. The number of amides is 1. The third kappa shape index (κ3) is 4.07. The molecular weight excluding hydrogens is 250 g/mol. The van der Waals surface area contributed by atoms with Crippen LogP contribution >= 0.6 is 0 Å². The molecule has 0 aromatic heterocycles. The normalized spacial score (nSPS) is 20.0. The molecule has 20 heavy (non-hydrogen) atoms. The van der Waals surface area contributed by atoms with Crippen molar-refractivity contribution >= 4 is 5.91 Å². The summed E-state index contributed by atoms with van der Waals surface area (Å²) in [4.78, 5) is 14.2. The van der Waals surface area contributed by atoms with Gasteiger partial charge in [-0.2, -0.15) is 0 Å². The van der Waals surface area contributed by atoms with Crippen molar-refractivity contribution in [2.75, 3.05) is 6.54 Å². The van der Waals surface area contributed by atoms with E-state index < -0.39 is 0 Å². The van der Waals surface area contributed by atoms with Crippen LogP contribution in [0.4, 0.5) is 0 Å². The predicted octanol–water partition coefficient (Wildman–Crippen LogP) is 3.11. The Morgan fingerprint density at radius 2 is 1.90 bits per heavy atom. The average molecular weight is 275 g/mol. The van der Waals surface area contributed by atoms with Crippen LogP contribution < -0.4 is 0 Å². The van der Waals surface area contributed by atoms with Gasteiger partial charge in [0.2, 0.25) is 5.91 Å². The SMILES string of the molecule is CCCC1CCC(=O)N(Cc2ccc(CO)cc2)CC1. The van der Waals surface area contributed by atoms with Gasteiger partial charge in [-0.3, -0.25) is 4.79 Å². The van der Waals surface area contributed by atoms with Gasteiger partial charge in [-0.05, 0) is 29.9 Å². The van der Waals surface area contributed by atoms with Crippen LogP contribution in [0.3, 0.4) is 0 Å². The first-order valence-electron chi connectivity index (χ1n) is 7.69. The van der Waals surface area contributed by atoms with Gasteiger partial charge in [-0.1, -0.05) is 44.0 Å². The Morgan fingerprint density at radius 3 is 2.55 bits per heavy atom. The summed E-state index contributed by atoms with van der Waals surface area (Å²) in [6, 6.07) is 7.87. The predicted molar refractivity (Wildman–Crippen MR) is 80.0 cm³/mol. The van der Waals surface area contributed by atoms with E-state index in [2.05, 4.69) is 6.92 Å². The maximum atomic E-state index is 12.2. The second-order valence-corrected chi connectivity index (χ2v) is 5.77. The zero-order valence-corrected chi connectivity index (χ0v) is 12.3. The number of hydrogen-bond acceptors (Lipinski definition) is 2. The molecule has 1 aliphatic rings. The second kappa shape index (κ2) is 7.44. The van der Waals surface area contributed by atoms with Gasteiger partial charge >= 0.3 is 0 Å². The number of aliphatic hydroxyl groups excluding tert-OH is 1. The second-order valence-electron chi connectivity index (χ2n) is 5.77. The quantitative estimate of drug-likeness (QED) is 0.897. The first kappa shape index (κ1) is 15.0. The lowest BCUT2D eigenvalue weighted by Gasteiger charge is -2.21. The molecule has 0 radical (unpaired) electrons. The third-order valence-corrected chi connectivity index (χ3v) is 4.20. The molecule has 110 valence electrons. The number of nitrogens with zero attached hydrogens (tertiary/aromatic N) is 1. The molecule has 1 amide bonds. The Hall–Kier alpha value is -1.35. The van der Waals surface area contributed by atoms with E-state index in [4.69, 9.17) is 5.11 Å². The van der Waals surface area contributed by atoms with E-state index in [9.17, 15) is 4.79 Å². The molecule has 1 heterocycles. The molecule has 3 nitrogen and oxygen atoms in total.